The van der Waals surface area contributed by atoms with E-state index in [0.717, 1.165) is 17.1 Å². The van der Waals surface area contributed by atoms with Crippen LogP contribution in [0.15, 0.2) is 138 Å². The molecule has 0 aliphatic carbocycles. The van der Waals surface area contributed by atoms with Crippen molar-refractivity contribution in [2.24, 2.45) is 4.99 Å². The lowest BCUT2D eigenvalue weighted by Gasteiger charge is -2.26. The molecule has 39 heavy (non-hydrogen) atoms. The van der Waals surface area contributed by atoms with Crippen molar-refractivity contribution >= 4 is 53.8 Å². The predicted molar refractivity (Wildman–Crippen MR) is 167 cm³/mol. The number of rotatable bonds is 3. The lowest BCUT2D eigenvalue weighted by Crippen LogP contribution is -2.22. The monoisotopic (exact) mass is 516 g/mol. The fourth-order valence-corrected chi connectivity index (χ4v) is 7.20. The summed E-state index contributed by atoms with van der Waals surface area (Å²) in [5.74, 6) is 0.902. The van der Waals surface area contributed by atoms with E-state index in [1.165, 1.54) is 53.2 Å². The van der Waals surface area contributed by atoms with Crippen LogP contribution in [-0.4, -0.2) is 5.84 Å². The van der Waals surface area contributed by atoms with Crippen LogP contribution in [0.5, 0.6) is 0 Å². The largest absolute Gasteiger partial charge is 0.340 e. The number of anilines is 1. The lowest BCUT2D eigenvalue weighted by molar-refractivity contribution is 0.863. The average molecular weight is 517 g/mol. The van der Waals surface area contributed by atoms with Gasteiger partial charge in [0.05, 0.1) is 0 Å². The smallest absolute Gasteiger partial charge is 0.133 e. The Morgan fingerprint density at radius 1 is 0.564 bits per heavy atom. The van der Waals surface area contributed by atoms with Gasteiger partial charge in [0.1, 0.15) is 11.9 Å². The number of nitrogens with one attached hydrogen (secondary N) is 1. The van der Waals surface area contributed by atoms with E-state index in [2.05, 4.69) is 139 Å². The molecule has 8 rings (SSSR count). The molecule has 0 radical (unpaired) electrons. The second-order valence-electron chi connectivity index (χ2n) is 10.0. The van der Waals surface area contributed by atoms with Crippen molar-refractivity contribution in [3.05, 3.63) is 150 Å². The summed E-state index contributed by atoms with van der Waals surface area (Å²) in [5.41, 5.74) is 7.06. The maximum Gasteiger partial charge on any atom is 0.133 e. The molecule has 1 N–H and O–H groups in total. The van der Waals surface area contributed by atoms with Gasteiger partial charge in [-0.1, -0.05) is 121 Å². The molecule has 184 valence electrons. The van der Waals surface area contributed by atoms with E-state index in [-0.39, 0.29) is 6.04 Å². The van der Waals surface area contributed by atoms with Crippen LogP contribution in [0.3, 0.4) is 0 Å². The fourth-order valence-electron chi connectivity index (χ4n) is 5.83. The third-order valence-electron chi connectivity index (χ3n) is 7.72. The first kappa shape index (κ1) is 22.3. The number of aliphatic imine (C=N–C) groups is 1. The van der Waals surface area contributed by atoms with Crippen LogP contribution in [0.4, 0.5) is 5.69 Å². The minimum absolute atomic E-state index is 0.0402. The van der Waals surface area contributed by atoms with Crippen molar-refractivity contribution in [1.29, 1.82) is 0 Å². The summed E-state index contributed by atoms with van der Waals surface area (Å²) in [6.07, 6.45) is 0. The van der Waals surface area contributed by atoms with Crippen molar-refractivity contribution in [1.82, 2.24) is 0 Å². The normalized spacial score (nSPS) is 14.8. The third-order valence-corrected chi connectivity index (χ3v) is 9.01. The van der Waals surface area contributed by atoms with Crippen molar-refractivity contribution in [3.8, 4) is 11.1 Å². The topological polar surface area (TPSA) is 24.4 Å². The van der Waals surface area contributed by atoms with Gasteiger partial charge in [0.2, 0.25) is 0 Å². The molecular formula is C36H24N2S. The molecule has 1 unspecified atom stereocenters. The van der Waals surface area contributed by atoms with E-state index in [9.17, 15) is 0 Å². The van der Waals surface area contributed by atoms with E-state index in [1.807, 2.05) is 11.3 Å². The van der Waals surface area contributed by atoms with Gasteiger partial charge < -0.3 is 5.32 Å². The first-order valence-electron chi connectivity index (χ1n) is 13.3. The van der Waals surface area contributed by atoms with Crippen LogP contribution in [0.2, 0.25) is 0 Å². The molecule has 0 saturated carbocycles. The summed E-state index contributed by atoms with van der Waals surface area (Å²) in [6, 6.07) is 47.7. The maximum absolute atomic E-state index is 5.24. The number of para-hydroxylation sites is 1. The highest BCUT2D eigenvalue weighted by Crippen LogP contribution is 2.43. The molecule has 6 aromatic carbocycles. The van der Waals surface area contributed by atoms with Crippen molar-refractivity contribution < 1.29 is 0 Å². The van der Waals surface area contributed by atoms with Crippen LogP contribution in [-0.2, 0) is 0 Å². The second-order valence-corrected chi connectivity index (χ2v) is 11.1. The molecule has 7 aromatic rings. The van der Waals surface area contributed by atoms with Gasteiger partial charge in [-0.15, -0.1) is 11.3 Å². The van der Waals surface area contributed by atoms with E-state index in [0.29, 0.717) is 0 Å². The van der Waals surface area contributed by atoms with Crippen molar-refractivity contribution in [2.75, 3.05) is 5.32 Å². The van der Waals surface area contributed by atoms with Gasteiger partial charge in [0.25, 0.3) is 0 Å². The van der Waals surface area contributed by atoms with E-state index < -0.39 is 0 Å². The van der Waals surface area contributed by atoms with Gasteiger partial charge in [-0.05, 0) is 39.6 Å². The Labute approximate surface area is 230 Å². The van der Waals surface area contributed by atoms with E-state index in [4.69, 9.17) is 4.99 Å². The standard InChI is InChI=1S/C36H24N2S/c1-2-11-24(12-3-1)33-31-16-6-7-19-32(31)37-36(38-33)26-14-8-13-25(22-26)28-17-9-18-29-30-21-20-23-10-4-5-15-27(23)34(30)39-35(28)29/h1-22,33H,(H,37,38). The Bertz CT molecular complexity index is 2050. The number of hydrogen-bond acceptors (Lipinski definition) is 3. The molecule has 1 aromatic heterocycles. The van der Waals surface area contributed by atoms with Gasteiger partial charge >= 0.3 is 0 Å². The SMILES string of the molecule is c1ccc(C2N=C(c3cccc(-c4cccc5c4sc4c6ccccc6ccc54)c3)Nc3ccccc32)cc1. The summed E-state index contributed by atoms with van der Waals surface area (Å²) >= 11 is 1.90. The summed E-state index contributed by atoms with van der Waals surface area (Å²) in [5, 5.41) is 8.87. The molecule has 1 aliphatic rings. The Kier molecular flexibility index (Phi) is 5.10. The van der Waals surface area contributed by atoms with E-state index >= 15 is 0 Å². The highest BCUT2D eigenvalue weighted by atomic mass is 32.1. The fraction of sp³-hybridized carbons (Fsp3) is 0.0278. The molecule has 2 heterocycles. The van der Waals surface area contributed by atoms with Gasteiger partial charge in [0.15, 0.2) is 0 Å². The molecule has 0 spiro atoms. The molecule has 0 saturated heterocycles. The maximum atomic E-state index is 5.24. The number of hydrogen-bond donors (Lipinski definition) is 1. The third kappa shape index (κ3) is 3.66. The summed E-state index contributed by atoms with van der Waals surface area (Å²) in [6.45, 7) is 0. The Morgan fingerprint density at radius 3 is 2.26 bits per heavy atom. The molecule has 0 fully saturated rings. The number of fused-ring (bicyclic) bond motifs is 6. The predicted octanol–water partition coefficient (Wildman–Crippen LogP) is 9.84. The van der Waals surface area contributed by atoms with Crippen molar-refractivity contribution in [3.63, 3.8) is 0 Å². The number of amidine groups is 1. The van der Waals surface area contributed by atoms with E-state index in [1.54, 1.807) is 0 Å². The van der Waals surface area contributed by atoms with Crippen LogP contribution >= 0.6 is 11.3 Å². The molecule has 3 heteroatoms. The quantitative estimate of drug-likeness (QED) is 0.248. The highest BCUT2D eigenvalue weighted by Gasteiger charge is 2.23. The van der Waals surface area contributed by atoms with Gasteiger partial charge in [-0.3, -0.25) is 4.99 Å². The van der Waals surface area contributed by atoms with Gasteiger partial charge in [-0.2, -0.15) is 0 Å². The molecule has 1 atom stereocenters. The lowest BCUT2D eigenvalue weighted by atomic mass is 9.95. The number of benzene rings is 6. The first-order valence-corrected chi connectivity index (χ1v) is 14.1. The van der Waals surface area contributed by atoms with Crippen LogP contribution in [0.1, 0.15) is 22.7 Å². The van der Waals surface area contributed by atoms with Crippen LogP contribution in [0, 0.1) is 0 Å². The number of nitrogens with zero attached hydrogens (tertiary/aromatic N) is 1. The first-order chi connectivity index (χ1) is 19.3. The highest BCUT2D eigenvalue weighted by molar-refractivity contribution is 7.27. The zero-order valence-electron chi connectivity index (χ0n) is 21.1. The van der Waals surface area contributed by atoms with Crippen LogP contribution in [0.25, 0.3) is 42.1 Å². The van der Waals surface area contributed by atoms with Gasteiger partial charge in [-0.25, -0.2) is 0 Å². The average Bonchev–Trinajstić information content (AvgIpc) is 3.40. The van der Waals surface area contributed by atoms with Gasteiger partial charge in [0, 0.05) is 37.0 Å². The summed E-state index contributed by atoms with van der Waals surface area (Å²) in [4.78, 5) is 5.24. The zero-order valence-corrected chi connectivity index (χ0v) is 22.0. The molecule has 0 amide bonds. The molecule has 1 aliphatic heterocycles. The Hall–Kier alpha value is -4.73. The summed E-state index contributed by atoms with van der Waals surface area (Å²) in [7, 11) is 0. The summed E-state index contributed by atoms with van der Waals surface area (Å²) < 4.78 is 2.68. The zero-order chi connectivity index (χ0) is 25.8. The Morgan fingerprint density at radius 2 is 1.31 bits per heavy atom. The van der Waals surface area contributed by atoms with Crippen molar-refractivity contribution in [2.45, 2.75) is 6.04 Å². The Balaban J connectivity index is 1.27. The molecular weight excluding hydrogens is 492 g/mol. The molecule has 0 bridgehead atoms. The minimum Gasteiger partial charge on any atom is -0.340 e. The second kappa shape index (κ2) is 8.93. The molecule has 2 nitrogen and oxygen atoms in total. The minimum atomic E-state index is -0.0402. The van der Waals surface area contributed by atoms with Crippen LogP contribution < -0.4 is 5.32 Å². The number of thiophene rings is 1.